The van der Waals surface area contributed by atoms with E-state index in [0.717, 1.165) is 11.1 Å². The number of rotatable bonds is 6. The number of aliphatic carboxylic acids is 1. The zero-order chi connectivity index (χ0) is 15.6. The van der Waals surface area contributed by atoms with Gasteiger partial charge in [-0.15, -0.1) is 0 Å². The lowest BCUT2D eigenvalue weighted by molar-refractivity contribution is -0.140. The fourth-order valence-corrected chi connectivity index (χ4v) is 2.91. The molecule has 0 aliphatic heterocycles. The van der Waals surface area contributed by atoms with Gasteiger partial charge in [-0.2, -0.15) is 0 Å². The number of carbonyl (C=O) groups is 2. The first-order valence-electron chi connectivity index (χ1n) is 6.95. The number of hydrogen-bond acceptors (Lipinski definition) is 3. The van der Waals surface area contributed by atoms with Crippen LogP contribution in [0, 0.1) is 17.3 Å². The summed E-state index contributed by atoms with van der Waals surface area (Å²) in [5.41, 5.74) is 1.53. The lowest BCUT2D eigenvalue weighted by Gasteiger charge is -2.10. The third-order valence-corrected chi connectivity index (χ3v) is 4.25. The van der Waals surface area contributed by atoms with Crippen molar-refractivity contribution in [2.45, 2.75) is 27.0 Å². The molecule has 2 rings (SSSR count). The van der Waals surface area contributed by atoms with Crippen molar-refractivity contribution in [1.82, 2.24) is 5.32 Å². The van der Waals surface area contributed by atoms with Crippen molar-refractivity contribution in [2.75, 3.05) is 7.11 Å². The second-order valence-electron chi connectivity index (χ2n) is 6.03. The molecule has 0 spiro atoms. The maximum atomic E-state index is 12.2. The molecule has 5 heteroatoms. The van der Waals surface area contributed by atoms with Crippen LogP contribution in [0.5, 0.6) is 0 Å². The van der Waals surface area contributed by atoms with E-state index in [2.05, 4.69) is 5.32 Å². The average Bonchev–Trinajstić information content (AvgIpc) is 3.01. The topological polar surface area (TPSA) is 75.6 Å². The van der Waals surface area contributed by atoms with E-state index in [1.165, 1.54) is 0 Å². The Labute approximate surface area is 124 Å². The Hall–Kier alpha value is -1.88. The summed E-state index contributed by atoms with van der Waals surface area (Å²) in [4.78, 5) is 23.3. The van der Waals surface area contributed by atoms with Crippen LogP contribution in [-0.4, -0.2) is 24.1 Å². The predicted octanol–water partition coefficient (Wildman–Crippen LogP) is 1.81. The highest BCUT2D eigenvalue weighted by molar-refractivity contribution is 5.91. The summed E-state index contributed by atoms with van der Waals surface area (Å²) in [5, 5.41) is 12.0. The van der Waals surface area contributed by atoms with Gasteiger partial charge in [0.2, 0.25) is 5.91 Å². The number of benzene rings is 1. The van der Waals surface area contributed by atoms with Gasteiger partial charge in [-0.05, 0) is 16.5 Å². The first kappa shape index (κ1) is 15.5. The van der Waals surface area contributed by atoms with Crippen LogP contribution in [0.25, 0.3) is 0 Å². The third kappa shape index (κ3) is 3.08. The molecule has 1 fully saturated rings. The largest absolute Gasteiger partial charge is 0.481 e. The van der Waals surface area contributed by atoms with Crippen molar-refractivity contribution in [3.8, 4) is 0 Å². The number of carboxylic acids is 1. The smallest absolute Gasteiger partial charge is 0.307 e. The van der Waals surface area contributed by atoms with Crippen LogP contribution in [0.1, 0.15) is 25.0 Å². The lowest BCUT2D eigenvalue weighted by atomic mass is 10.1. The molecule has 1 amide bonds. The highest BCUT2D eigenvalue weighted by atomic mass is 16.5. The molecule has 1 saturated carbocycles. The summed E-state index contributed by atoms with van der Waals surface area (Å²) in [6, 6.07) is 7.71. The first-order valence-corrected chi connectivity index (χ1v) is 6.95. The predicted molar refractivity (Wildman–Crippen MR) is 77.4 cm³/mol. The van der Waals surface area contributed by atoms with Crippen LogP contribution in [0.3, 0.4) is 0 Å². The summed E-state index contributed by atoms with van der Waals surface area (Å²) in [5.74, 6) is -2.14. The molecule has 5 nitrogen and oxygen atoms in total. The first-order chi connectivity index (χ1) is 9.89. The summed E-state index contributed by atoms with van der Waals surface area (Å²) in [7, 11) is 1.62. The zero-order valence-electron chi connectivity index (χ0n) is 12.6. The van der Waals surface area contributed by atoms with Crippen LogP contribution in [0.15, 0.2) is 24.3 Å². The van der Waals surface area contributed by atoms with Crippen LogP contribution in [0.2, 0.25) is 0 Å². The highest BCUT2D eigenvalue weighted by Crippen LogP contribution is 2.58. The molecular weight excluding hydrogens is 270 g/mol. The number of carbonyl (C=O) groups excluding carboxylic acids is 1. The number of ether oxygens (including phenoxy) is 1. The maximum absolute atomic E-state index is 12.2. The van der Waals surface area contributed by atoms with Crippen molar-refractivity contribution in [2.24, 2.45) is 17.3 Å². The van der Waals surface area contributed by atoms with Crippen molar-refractivity contribution >= 4 is 11.9 Å². The standard InChI is InChI=1S/C16H21NO4/c1-16(2)12(13(16)15(19)20)14(18)17-8-10-6-4-5-7-11(10)9-21-3/h4-7,12-13H,8-9H2,1-3H3,(H,17,18)(H,19,20). The minimum absolute atomic E-state index is 0.195. The number of methoxy groups -OCH3 is 1. The van der Waals surface area contributed by atoms with E-state index in [4.69, 9.17) is 9.84 Å². The third-order valence-electron chi connectivity index (χ3n) is 4.25. The second-order valence-corrected chi connectivity index (χ2v) is 6.03. The van der Waals surface area contributed by atoms with Gasteiger partial charge in [0.15, 0.2) is 0 Å². The summed E-state index contributed by atoms with van der Waals surface area (Å²) < 4.78 is 5.13. The molecule has 0 aromatic heterocycles. The van der Waals surface area contributed by atoms with Gasteiger partial charge in [-0.25, -0.2) is 0 Å². The lowest BCUT2D eigenvalue weighted by Crippen LogP contribution is -2.27. The quantitative estimate of drug-likeness (QED) is 0.838. The molecule has 1 aliphatic carbocycles. The summed E-state index contributed by atoms with van der Waals surface area (Å²) in [6.07, 6.45) is 0. The van der Waals surface area contributed by atoms with E-state index < -0.39 is 23.2 Å². The van der Waals surface area contributed by atoms with Gasteiger partial charge >= 0.3 is 5.97 Å². The Morgan fingerprint density at radius 1 is 1.24 bits per heavy atom. The Balaban J connectivity index is 1.98. The van der Waals surface area contributed by atoms with Gasteiger partial charge < -0.3 is 15.2 Å². The van der Waals surface area contributed by atoms with Gasteiger partial charge in [-0.1, -0.05) is 38.1 Å². The molecule has 0 radical (unpaired) electrons. The average molecular weight is 291 g/mol. The van der Waals surface area contributed by atoms with Crippen LogP contribution in [-0.2, 0) is 27.5 Å². The van der Waals surface area contributed by atoms with Crippen molar-refractivity contribution in [1.29, 1.82) is 0 Å². The molecule has 0 saturated heterocycles. The molecule has 114 valence electrons. The summed E-state index contributed by atoms with van der Waals surface area (Å²) >= 11 is 0. The molecule has 2 atom stereocenters. The molecule has 2 unspecified atom stereocenters. The molecule has 1 aromatic carbocycles. The Kier molecular flexibility index (Phi) is 4.32. The van der Waals surface area contributed by atoms with E-state index in [9.17, 15) is 9.59 Å². The Bertz CT molecular complexity index is 553. The van der Waals surface area contributed by atoms with Gasteiger partial charge in [0.1, 0.15) is 0 Å². The SMILES string of the molecule is COCc1ccccc1CNC(=O)C1C(C(=O)O)C1(C)C. The van der Waals surface area contributed by atoms with Crippen molar-refractivity contribution in [3.05, 3.63) is 35.4 Å². The number of carboxylic acid groups (broad SMARTS) is 1. The molecular formula is C16H21NO4. The van der Waals surface area contributed by atoms with E-state index in [-0.39, 0.29) is 5.91 Å². The minimum atomic E-state index is -0.903. The molecule has 1 aliphatic rings. The van der Waals surface area contributed by atoms with Crippen LogP contribution in [0.4, 0.5) is 0 Å². The van der Waals surface area contributed by atoms with E-state index in [1.807, 2.05) is 38.1 Å². The normalized spacial score (nSPS) is 22.6. The Morgan fingerprint density at radius 2 is 1.86 bits per heavy atom. The van der Waals surface area contributed by atoms with E-state index in [1.54, 1.807) is 7.11 Å². The Morgan fingerprint density at radius 3 is 2.38 bits per heavy atom. The molecule has 2 N–H and O–H groups in total. The molecule has 0 heterocycles. The second kappa shape index (κ2) is 5.85. The number of amides is 1. The van der Waals surface area contributed by atoms with Gasteiger partial charge in [0, 0.05) is 13.7 Å². The van der Waals surface area contributed by atoms with Gasteiger partial charge in [0.05, 0.1) is 18.4 Å². The van der Waals surface area contributed by atoms with E-state index >= 15 is 0 Å². The van der Waals surface area contributed by atoms with E-state index in [0.29, 0.717) is 13.2 Å². The van der Waals surface area contributed by atoms with Crippen LogP contribution < -0.4 is 5.32 Å². The van der Waals surface area contributed by atoms with Gasteiger partial charge in [-0.3, -0.25) is 9.59 Å². The van der Waals surface area contributed by atoms with Crippen LogP contribution >= 0.6 is 0 Å². The molecule has 1 aromatic rings. The van der Waals surface area contributed by atoms with Crippen molar-refractivity contribution < 1.29 is 19.4 Å². The van der Waals surface area contributed by atoms with Gasteiger partial charge in [0.25, 0.3) is 0 Å². The number of hydrogen-bond donors (Lipinski definition) is 2. The van der Waals surface area contributed by atoms with Crippen molar-refractivity contribution in [3.63, 3.8) is 0 Å². The fraction of sp³-hybridized carbons (Fsp3) is 0.500. The molecule has 21 heavy (non-hydrogen) atoms. The fourth-order valence-electron chi connectivity index (χ4n) is 2.91. The monoisotopic (exact) mass is 291 g/mol. The zero-order valence-corrected chi connectivity index (χ0v) is 12.6. The summed E-state index contributed by atoms with van der Waals surface area (Å²) in [6.45, 7) is 4.50. The number of nitrogens with one attached hydrogen (secondary N) is 1. The minimum Gasteiger partial charge on any atom is -0.481 e. The molecule has 0 bridgehead atoms. The maximum Gasteiger partial charge on any atom is 0.307 e. The highest BCUT2D eigenvalue weighted by Gasteiger charge is 2.65.